The minimum absolute atomic E-state index is 0.124. The molecule has 2 heterocycles. The number of H-pyrrole nitrogens is 1. The topological polar surface area (TPSA) is 88.0 Å². The molecule has 0 spiro atoms. The standard InChI is InChI=1S/C23H22ClFN6O.C3H8/c1-30-6-8-31(9-7-30)22-3-2-15(13-19(22)24)20-14-21(29-28-20)16-10-17(12-18(25)11-16)23(32)27-5-4-26;1-3-2/h2-3,10-14H,5-9H2,1H3,(H,27,32)(H,28,29);3H2,1-2H3. The Balaban J connectivity index is 0.00000108. The zero-order chi connectivity index (χ0) is 25.4. The van der Waals surface area contributed by atoms with Crippen molar-refractivity contribution in [3.8, 4) is 28.6 Å². The summed E-state index contributed by atoms with van der Waals surface area (Å²) >= 11 is 6.58. The molecule has 4 rings (SSSR count). The van der Waals surface area contributed by atoms with Gasteiger partial charge in [0.05, 0.1) is 28.2 Å². The summed E-state index contributed by atoms with van der Waals surface area (Å²) in [6.45, 7) is 7.93. The number of benzene rings is 2. The van der Waals surface area contributed by atoms with E-state index in [0.717, 1.165) is 49.2 Å². The molecule has 0 bridgehead atoms. The number of nitrogens with zero attached hydrogens (tertiary/aromatic N) is 4. The zero-order valence-corrected chi connectivity index (χ0v) is 21.0. The Bertz CT molecular complexity index is 1200. The minimum atomic E-state index is -0.561. The van der Waals surface area contributed by atoms with Gasteiger partial charge in [-0.2, -0.15) is 10.4 Å². The highest BCUT2D eigenvalue weighted by Gasteiger charge is 2.18. The van der Waals surface area contributed by atoms with Gasteiger partial charge in [-0.1, -0.05) is 37.9 Å². The molecule has 184 valence electrons. The summed E-state index contributed by atoms with van der Waals surface area (Å²) in [4.78, 5) is 16.7. The van der Waals surface area contributed by atoms with E-state index in [1.165, 1.54) is 12.5 Å². The molecule has 0 atom stereocenters. The van der Waals surface area contributed by atoms with Gasteiger partial charge in [0.25, 0.3) is 5.91 Å². The Kier molecular flexibility index (Phi) is 9.24. The molecule has 0 unspecified atom stereocenters. The Labute approximate surface area is 210 Å². The van der Waals surface area contributed by atoms with Crippen molar-refractivity contribution in [2.24, 2.45) is 0 Å². The van der Waals surface area contributed by atoms with Crippen LogP contribution < -0.4 is 10.2 Å². The van der Waals surface area contributed by atoms with Crippen LogP contribution in [0, 0.1) is 17.1 Å². The number of carbonyl (C=O) groups excluding carboxylic acids is 1. The smallest absolute Gasteiger partial charge is 0.252 e. The number of rotatable bonds is 5. The number of aromatic nitrogens is 2. The van der Waals surface area contributed by atoms with Crippen molar-refractivity contribution in [3.63, 3.8) is 0 Å². The van der Waals surface area contributed by atoms with Crippen molar-refractivity contribution in [1.82, 2.24) is 20.4 Å². The van der Waals surface area contributed by atoms with Crippen molar-refractivity contribution in [2.45, 2.75) is 20.3 Å². The predicted molar refractivity (Wildman–Crippen MR) is 138 cm³/mol. The Hall–Kier alpha value is -3.41. The average molecular weight is 497 g/mol. The number of hydrogen-bond donors (Lipinski definition) is 2. The molecule has 1 saturated heterocycles. The van der Waals surface area contributed by atoms with E-state index in [0.29, 0.717) is 16.3 Å². The quantitative estimate of drug-likeness (QED) is 0.487. The molecule has 0 saturated carbocycles. The number of halogens is 2. The fourth-order valence-corrected chi connectivity index (χ4v) is 3.99. The maximum Gasteiger partial charge on any atom is 0.252 e. The maximum absolute atomic E-state index is 14.1. The SMILES string of the molecule is CCC.CN1CCN(c2ccc(-c3cc(-c4cc(F)cc(C(=O)NCC#N)c4)n[nH]3)cc2Cl)CC1. The van der Waals surface area contributed by atoms with Crippen LogP contribution in [0.1, 0.15) is 30.6 Å². The molecular weight excluding hydrogens is 467 g/mol. The predicted octanol–water partition coefficient (Wildman–Crippen LogP) is 4.96. The van der Waals surface area contributed by atoms with Crippen LogP contribution in [0.5, 0.6) is 0 Å². The van der Waals surface area contributed by atoms with Gasteiger partial charge >= 0.3 is 0 Å². The van der Waals surface area contributed by atoms with Crippen molar-refractivity contribution in [2.75, 3.05) is 44.7 Å². The van der Waals surface area contributed by atoms with E-state index in [1.807, 2.05) is 24.3 Å². The van der Waals surface area contributed by atoms with Gasteiger partial charge in [-0.15, -0.1) is 0 Å². The van der Waals surface area contributed by atoms with E-state index in [-0.39, 0.29) is 12.1 Å². The second kappa shape index (κ2) is 12.3. The summed E-state index contributed by atoms with van der Waals surface area (Å²) < 4.78 is 14.1. The first-order valence-electron chi connectivity index (χ1n) is 11.6. The van der Waals surface area contributed by atoms with Crippen LogP contribution in [0.4, 0.5) is 10.1 Å². The Morgan fingerprint density at radius 3 is 2.51 bits per heavy atom. The molecule has 0 radical (unpaired) electrons. The normalized spacial score (nSPS) is 13.5. The third kappa shape index (κ3) is 6.81. The number of anilines is 1. The number of amides is 1. The van der Waals surface area contributed by atoms with Gasteiger partial charge in [-0.05, 0) is 43.4 Å². The van der Waals surface area contributed by atoms with Gasteiger partial charge in [0.2, 0.25) is 0 Å². The monoisotopic (exact) mass is 496 g/mol. The molecule has 1 amide bonds. The summed E-state index contributed by atoms with van der Waals surface area (Å²) in [6.07, 6.45) is 1.25. The van der Waals surface area contributed by atoms with Gasteiger partial charge in [-0.25, -0.2) is 4.39 Å². The molecule has 35 heavy (non-hydrogen) atoms. The van der Waals surface area contributed by atoms with E-state index in [9.17, 15) is 9.18 Å². The van der Waals surface area contributed by atoms with Gasteiger partial charge in [-0.3, -0.25) is 9.89 Å². The molecule has 3 aromatic rings. The lowest BCUT2D eigenvalue weighted by Gasteiger charge is -2.34. The number of nitrogens with one attached hydrogen (secondary N) is 2. The average Bonchev–Trinajstić information content (AvgIpc) is 3.34. The van der Waals surface area contributed by atoms with Gasteiger partial charge < -0.3 is 15.1 Å². The largest absolute Gasteiger partial charge is 0.368 e. The van der Waals surface area contributed by atoms with E-state index >= 15 is 0 Å². The van der Waals surface area contributed by atoms with E-state index in [1.54, 1.807) is 12.1 Å². The van der Waals surface area contributed by atoms with Crippen LogP contribution in [-0.2, 0) is 0 Å². The van der Waals surface area contributed by atoms with E-state index in [2.05, 4.69) is 46.2 Å². The second-order valence-corrected chi connectivity index (χ2v) is 8.81. The third-order valence-electron chi connectivity index (χ3n) is 5.46. The lowest BCUT2D eigenvalue weighted by Crippen LogP contribution is -2.44. The fraction of sp³-hybridized carbons (Fsp3) is 0.346. The fourth-order valence-electron chi connectivity index (χ4n) is 3.69. The minimum Gasteiger partial charge on any atom is -0.368 e. The highest BCUT2D eigenvalue weighted by atomic mass is 35.5. The number of hydrogen-bond acceptors (Lipinski definition) is 5. The molecule has 1 aliphatic heterocycles. The Morgan fingerprint density at radius 2 is 1.86 bits per heavy atom. The maximum atomic E-state index is 14.1. The Morgan fingerprint density at radius 1 is 1.14 bits per heavy atom. The molecule has 7 nitrogen and oxygen atoms in total. The van der Waals surface area contributed by atoms with Gasteiger partial charge in [0.15, 0.2) is 0 Å². The van der Waals surface area contributed by atoms with Crippen molar-refractivity contribution >= 4 is 23.2 Å². The molecule has 2 N–H and O–H groups in total. The number of aromatic amines is 1. The van der Waals surface area contributed by atoms with Crippen LogP contribution in [0.15, 0.2) is 42.5 Å². The summed E-state index contributed by atoms with van der Waals surface area (Å²) in [5.41, 5.74) is 3.66. The molecule has 2 aromatic carbocycles. The zero-order valence-electron chi connectivity index (χ0n) is 20.2. The number of likely N-dealkylation sites (N-methyl/N-ethyl adjacent to an activating group) is 1. The van der Waals surface area contributed by atoms with Crippen LogP contribution in [0.3, 0.4) is 0 Å². The van der Waals surface area contributed by atoms with Crippen molar-refractivity contribution in [1.29, 1.82) is 5.26 Å². The van der Waals surface area contributed by atoms with Crippen LogP contribution >= 0.6 is 11.6 Å². The first-order valence-corrected chi connectivity index (χ1v) is 12.0. The molecule has 0 aliphatic carbocycles. The lowest BCUT2D eigenvalue weighted by atomic mass is 10.1. The molecule has 1 fully saturated rings. The molecule has 1 aromatic heterocycles. The molecular formula is C26H30ClFN6O. The van der Waals surface area contributed by atoms with Crippen molar-refractivity contribution in [3.05, 3.63) is 58.9 Å². The number of nitriles is 1. The van der Waals surface area contributed by atoms with Crippen LogP contribution in [-0.4, -0.2) is 60.8 Å². The number of piperazine rings is 1. The third-order valence-corrected chi connectivity index (χ3v) is 5.77. The van der Waals surface area contributed by atoms with E-state index in [4.69, 9.17) is 16.9 Å². The number of carbonyl (C=O) groups is 1. The van der Waals surface area contributed by atoms with Gasteiger partial charge in [0.1, 0.15) is 12.4 Å². The van der Waals surface area contributed by atoms with Crippen LogP contribution in [0.25, 0.3) is 22.5 Å². The highest BCUT2D eigenvalue weighted by Crippen LogP contribution is 2.32. The van der Waals surface area contributed by atoms with Gasteiger partial charge in [0, 0.05) is 42.9 Å². The van der Waals surface area contributed by atoms with E-state index < -0.39 is 11.7 Å². The lowest BCUT2D eigenvalue weighted by molar-refractivity contribution is 0.0958. The highest BCUT2D eigenvalue weighted by molar-refractivity contribution is 6.33. The summed E-state index contributed by atoms with van der Waals surface area (Å²) in [5, 5.41) is 18.9. The molecule has 9 heteroatoms. The summed E-state index contributed by atoms with van der Waals surface area (Å²) in [7, 11) is 2.11. The van der Waals surface area contributed by atoms with Crippen LogP contribution in [0.2, 0.25) is 5.02 Å². The summed E-state index contributed by atoms with van der Waals surface area (Å²) in [5.74, 6) is -1.08. The first kappa shape index (κ1) is 26.2. The molecule has 1 aliphatic rings. The summed E-state index contributed by atoms with van der Waals surface area (Å²) in [6, 6.07) is 13.5. The first-order chi connectivity index (χ1) is 16.9. The second-order valence-electron chi connectivity index (χ2n) is 8.40. The van der Waals surface area contributed by atoms with Crippen molar-refractivity contribution < 1.29 is 9.18 Å².